The maximum atomic E-state index is 12.5. The molecule has 5 heteroatoms. The van der Waals surface area contributed by atoms with Crippen LogP contribution < -0.4 is 5.32 Å². The van der Waals surface area contributed by atoms with Crippen molar-refractivity contribution >= 4 is 39.8 Å². The molecule has 1 atom stereocenters. The summed E-state index contributed by atoms with van der Waals surface area (Å²) in [7, 11) is 0. The molecule has 0 saturated carbocycles. The van der Waals surface area contributed by atoms with Crippen LogP contribution in [0.25, 0.3) is 0 Å². The number of thiophene rings is 1. The van der Waals surface area contributed by atoms with Gasteiger partial charge in [-0.05, 0) is 60.9 Å². The van der Waals surface area contributed by atoms with E-state index in [-0.39, 0.29) is 5.91 Å². The molecule has 0 bridgehead atoms. The second-order valence-corrected chi connectivity index (χ2v) is 8.56. The van der Waals surface area contributed by atoms with E-state index >= 15 is 0 Å². The molecule has 3 rings (SSSR count). The lowest BCUT2D eigenvalue weighted by molar-refractivity contribution is 0.0434. The Morgan fingerprint density at radius 3 is 2.95 bits per heavy atom. The first-order valence-electron chi connectivity index (χ1n) is 6.93. The fourth-order valence-electron chi connectivity index (χ4n) is 3.36. The predicted octanol–water partition coefficient (Wildman–Crippen LogP) is 2.96. The molecular formula is C14H19IN2OS. The van der Waals surface area contributed by atoms with Gasteiger partial charge in [0.15, 0.2) is 0 Å². The highest BCUT2D eigenvalue weighted by atomic mass is 127. The van der Waals surface area contributed by atoms with Gasteiger partial charge in [-0.25, -0.2) is 0 Å². The van der Waals surface area contributed by atoms with E-state index in [0.29, 0.717) is 5.41 Å². The van der Waals surface area contributed by atoms with Gasteiger partial charge in [0, 0.05) is 30.4 Å². The van der Waals surface area contributed by atoms with Gasteiger partial charge < -0.3 is 10.2 Å². The van der Waals surface area contributed by atoms with E-state index in [2.05, 4.69) is 32.8 Å². The van der Waals surface area contributed by atoms with E-state index < -0.39 is 0 Å². The summed E-state index contributed by atoms with van der Waals surface area (Å²) < 4.78 is 1.19. The summed E-state index contributed by atoms with van der Waals surface area (Å²) in [5, 5.41) is 5.50. The lowest BCUT2D eigenvalue weighted by Gasteiger charge is -2.45. The second-order valence-electron chi connectivity index (χ2n) is 5.75. The zero-order valence-electron chi connectivity index (χ0n) is 11.0. The predicted molar refractivity (Wildman–Crippen MR) is 86.7 cm³/mol. The number of piperidine rings is 2. The summed E-state index contributed by atoms with van der Waals surface area (Å²) in [6.07, 6.45) is 4.93. The molecule has 0 aliphatic carbocycles. The smallest absolute Gasteiger partial charge is 0.254 e. The van der Waals surface area contributed by atoms with Crippen molar-refractivity contribution in [2.75, 3.05) is 26.2 Å². The van der Waals surface area contributed by atoms with Crippen molar-refractivity contribution in [1.29, 1.82) is 0 Å². The van der Waals surface area contributed by atoms with Gasteiger partial charge in [-0.1, -0.05) is 0 Å². The third kappa shape index (κ3) is 2.97. The number of nitrogens with zero attached hydrogens (tertiary/aromatic N) is 1. The number of nitrogens with one attached hydrogen (secondary N) is 1. The van der Waals surface area contributed by atoms with Crippen molar-refractivity contribution in [1.82, 2.24) is 10.2 Å². The number of amides is 1. The van der Waals surface area contributed by atoms with Crippen molar-refractivity contribution in [2.24, 2.45) is 5.41 Å². The number of halogens is 1. The minimum atomic E-state index is 0.226. The molecule has 2 saturated heterocycles. The van der Waals surface area contributed by atoms with Gasteiger partial charge in [0.2, 0.25) is 0 Å². The molecule has 0 aromatic carbocycles. The highest BCUT2D eigenvalue weighted by Crippen LogP contribution is 2.36. The van der Waals surface area contributed by atoms with Crippen LogP contribution in [0, 0.1) is 8.30 Å². The zero-order chi connectivity index (χ0) is 13.3. The number of hydrogen-bond acceptors (Lipinski definition) is 3. The summed E-state index contributed by atoms with van der Waals surface area (Å²) >= 11 is 3.93. The molecule has 1 aromatic heterocycles. The maximum Gasteiger partial charge on any atom is 0.254 e. The van der Waals surface area contributed by atoms with Crippen molar-refractivity contribution in [2.45, 2.75) is 25.7 Å². The van der Waals surface area contributed by atoms with E-state index in [1.165, 1.54) is 22.1 Å². The molecule has 104 valence electrons. The molecule has 2 aliphatic rings. The second kappa shape index (κ2) is 5.69. The first kappa shape index (κ1) is 13.8. The topological polar surface area (TPSA) is 32.3 Å². The van der Waals surface area contributed by atoms with Gasteiger partial charge in [-0.2, -0.15) is 0 Å². The molecule has 0 radical (unpaired) electrons. The minimum absolute atomic E-state index is 0.226. The number of rotatable bonds is 1. The molecule has 1 spiro atoms. The van der Waals surface area contributed by atoms with Crippen LogP contribution in [0.5, 0.6) is 0 Å². The van der Waals surface area contributed by atoms with E-state index in [4.69, 9.17) is 0 Å². The van der Waals surface area contributed by atoms with Crippen LogP contribution in [-0.2, 0) is 0 Å². The lowest BCUT2D eigenvalue weighted by atomic mass is 9.74. The van der Waals surface area contributed by atoms with E-state index in [1.54, 1.807) is 11.3 Å². The number of carbonyl (C=O) groups is 1. The van der Waals surface area contributed by atoms with Crippen molar-refractivity contribution < 1.29 is 4.79 Å². The monoisotopic (exact) mass is 390 g/mol. The number of likely N-dealkylation sites (tertiary alicyclic amines) is 1. The third-order valence-electron chi connectivity index (χ3n) is 4.32. The Balaban J connectivity index is 1.72. The van der Waals surface area contributed by atoms with Gasteiger partial charge in [-0.3, -0.25) is 4.79 Å². The van der Waals surface area contributed by atoms with Crippen LogP contribution in [-0.4, -0.2) is 37.0 Å². The van der Waals surface area contributed by atoms with Gasteiger partial charge in [-0.15, -0.1) is 11.3 Å². The minimum Gasteiger partial charge on any atom is -0.338 e. The van der Waals surface area contributed by atoms with Crippen molar-refractivity contribution in [3.05, 3.63) is 19.9 Å². The molecular weight excluding hydrogens is 371 g/mol. The Hall–Kier alpha value is -0.140. The summed E-state index contributed by atoms with van der Waals surface area (Å²) in [6.45, 7) is 4.08. The largest absolute Gasteiger partial charge is 0.338 e. The van der Waals surface area contributed by atoms with Gasteiger partial charge in [0.05, 0.1) is 8.45 Å². The number of hydrogen-bond donors (Lipinski definition) is 1. The average molecular weight is 390 g/mol. The Morgan fingerprint density at radius 2 is 2.26 bits per heavy atom. The van der Waals surface area contributed by atoms with E-state index in [1.807, 2.05) is 11.4 Å². The normalized spacial score (nSPS) is 27.7. The Bertz CT molecular complexity index is 462. The van der Waals surface area contributed by atoms with Crippen LogP contribution >= 0.6 is 33.9 Å². The summed E-state index contributed by atoms with van der Waals surface area (Å²) in [5.41, 5.74) is 1.21. The van der Waals surface area contributed by atoms with Crippen LogP contribution in [0.2, 0.25) is 0 Å². The highest BCUT2D eigenvalue weighted by Gasteiger charge is 2.38. The first-order chi connectivity index (χ1) is 9.19. The average Bonchev–Trinajstić information content (AvgIpc) is 2.85. The van der Waals surface area contributed by atoms with Crippen LogP contribution in [0.1, 0.15) is 36.0 Å². The van der Waals surface area contributed by atoms with Crippen molar-refractivity contribution in [3.63, 3.8) is 0 Å². The first-order valence-corrected chi connectivity index (χ1v) is 8.88. The van der Waals surface area contributed by atoms with Gasteiger partial charge >= 0.3 is 0 Å². The summed E-state index contributed by atoms with van der Waals surface area (Å²) in [6, 6.07) is 2.01. The molecule has 1 unspecified atom stereocenters. The van der Waals surface area contributed by atoms with E-state index in [9.17, 15) is 4.79 Å². The van der Waals surface area contributed by atoms with E-state index in [0.717, 1.165) is 38.2 Å². The zero-order valence-corrected chi connectivity index (χ0v) is 13.9. The molecule has 3 heterocycles. The fourth-order valence-corrected chi connectivity index (χ4v) is 4.69. The summed E-state index contributed by atoms with van der Waals surface area (Å²) in [4.78, 5) is 14.6. The standard InChI is InChI=1S/C14H19IN2OS/c15-12-7-11(8-19-12)13(18)17-6-2-4-14(10-17)3-1-5-16-9-14/h7-8,16H,1-6,9-10H2. The third-order valence-corrected chi connectivity index (χ3v) is 6.11. The van der Waals surface area contributed by atoms with Crippen LogP contribution in [0.15, 0.2) is 11.4 Å². The SMILES string of the molecule is O=C(c1csc(I)c1)N1CCCC2(CCCNC2)C1. The quantitative estimate of drug-likeness (QED) is 0.748. The van der Waals surface area contributed by atoms with Crippen molar-refractivity contribution in [3.8, 4) is 0 Å². The highest BCUT2D eigenvalue weighted by molar-refractivity contribution is 14.1. The van der Waals surface area contributed by atoms with Gasteiger partial charge in [0.1, 0.15) is 0 Å². The molecule has 1 N–H and O–H groups in total. The molecule has 2 aliphatic heterocycles. The maximum absolute atomic E-state index is 12.5. The van der Waals surface area contributed by atoms with Gasteiger partial charge in [0.25, 0.3) is 5.91 Å². The molecule has 2 fully saturated rings. The lowest BCUT2D eigenvalue weighted by Crippen LogP contribution is -2.52. The van der Waals surface area contributed by atoms with Crippen LogP contribution in [0.3, 0.4) is 0 Å². The molecule has 19 heavy (non-hydrogen) atoms. The van der Waals surface area contributed by atoms with Crippen LogP contribution in [0.4, 0.5) is 0 Å². The Kier molecular flexibility index (Phi) is 4.14. The fraction of sp³-hybridized carbons (Fsp3) is 0.643. The molecule has 1 amide bonds. The Morgan fingerprint density at radius 1 is 1.42 bits per heavy atom. The summed E-state index contributed by atoms with van der Waals surface area (Å²) in [5.74, 6) is 0.226. The Labute approximate surface area is 131 Å². The number of carbonyl (C=O) groups excluding carboxylic acids is 1. The molecule has 1 aromatic rings. The molecule has 3 nitrogen and oxygen atoms in total.